The Morgan fingerprint density at radius 1 is 1.26 bits per heavy atom. The summed E-state index contributed by atoms with van der Waals surface area (Å²) in [5, 5.41) is 22.8. The van der Waals surface area contributed by atoms with E-state index in [1.54, 1.807) is 0 Å². The van der Waals surface area contributed by atoms with Crippen molar-refractivity contribution in [3.8, 4) is 0 Å². The van der Waals surface area contributed by atoms with Crippen LogP contribution in [0.2, 0.25) is 0 Å². The molecule has 1 aromatic rings. The van der Waals surface area contributed by atoms with Crippen molar-refractivity contribution in [2.45, 2.75) is 39.2 Å². The summed E-state index contributed by atoms with van der Waals surface area (Å²) in [6.07, 6.45) is 4.44. The van der Waals surface area contributed by atoms with E-state index in [4.69, 9.17) is 4.52 Å². The molecular formula is C14H24N2O3. The van der Waals surface area contributed by atoms with E-state index in [9.17, 15) is 10.2 Å². The van der Waals surface area contributed by atoms with Crippen LogP contribution in [0, 0.1) is 5.41 Å². The molecule has 0 aliphatic heterocycles. The van der Waals surface area contributed by atoms with E-state index in [0.717, 1.165) is 24.3 Å². The quantitative estimate of drug-likeness (QED) is 0.804. The Kier molecular flexibility index (Phi) is 4.60. The third kappa shape index (κ3) is 3.35. The minimum atomic E-state index is -0.474. The first-order valence-electron chi connectivity index (χ1n) is 6.94. The Hall–Kier alpha value is -0.910. The number of aryl methyl sites for hydroxylation is 1. The van der Waals surface area contributed by atoms with E-state index >= 15 is 0 Å². The van der Waals surface area contributed by atoms with Gasteiger partial charge < -0.3 is 14.7 Å². The number of rotatable bonds is 6. The average Bonchev–Trinajstić information content (AvgIpc) is 2.82. The Morgan fingerprint density at radius 3 is 2.63 bits per heavy atom. The second kappa shape index (κ2) is 6.03. The van der Waals surface area contributed by atoms with E-state index in [-0.39, 0.29) is 13.2 Å². The van der Waals surface area contributed by atoms with E-state index in [1.807, 2.05) is 14.0 Å². The zero-order valence-electron chi connectivity index (χ0n) is 11.9. The SMILES string of the molecule is CN(Cc1noc2c1CCCC2)CC(C)(CO)CO. The van der Waals surface area contributed by atoms with Gasteiger partial charge in [-0.15, -0.1) is 0 Å². The minimum Gasteiger partial charge on any atom is -0.396 e. The van der Waals surface area contributed by atoms with Crippen LogP contribution in [0.5, 0.6) is 0 Å². The van der Waals surface area contributed by atoms with Crippen LogP contribution in [0.1, 0.15) is 36.8 Å². The van der Waals surface area contributed by atoms with Crippen LogP contribution in [0.15, 0.2) is 4.52 Å². The van der Waals surface area contributed by atoms with Crippen molar-refractivity contribution in [1.82, 2.24) is 10.1 Å². The van der Waals surface area contributed by atoms with Crippen LogP contribution in [-0.4, -0.2) is 47.1 Å². The molecule has 2 rings (SSSR count). The first kappa shape index (κ1) is 14.5. The van der Waals surface area contributed by atoms with Gasteiger partial charge in [0.05, 0.1) is 13.2 Å². The number of nitrogens with zero attached hydrogens (tertiary/aromatic N) is 2. The van der Waals surface area contributed by atoms with Crippen LogP contribution in [0.4, 0.5) is 0 Å². The summed E-state index contributed by atoms with van der Waals surface area (Å²) in [6, 6.07) is 0. The third-order valence-corrected chi connectivity index (χ3v) is 3.87. The highest BCUT2D eigenvalue weighted by Gasteiger charge is 2.26. The maximum atomic E-state index is 9.33. The summed E-state index contributed by atoms with van der Waals surface area (Å²) in [5.41, 5.74) is 1.81. The number of fused-ring (bicyclic) bond motifs is 1. The summed E-state index contributed by atoms with van der Waals surface area (Å²) >= 11 is 0. The first-order chi connectivity index (χ1) is 9.08. The van der Waals surface area contributed by atoms with Crippen molar-refractivity contribution in [3.05, 3.63) is 17.0 Å². The van der Waals surface area contributed by atoms with Crippen molar-refractivity contribution in [3.63, 3.8) is 0 Å². The monoisotopic (exact) mass is 268 g/mol. The number of hydrogen-bond acceptors (Lipinski definition) is 5. The molecule has 1 aliphatic carbocycles. The van der Waals surface area contributed by atoms with Crippen LogP contribution >= 0.6 is 0 Å². The molecule has 0 radical (unpaired) electrons. The van der Waals surface area contributed by atoms with Crippen LogP contribution in [0.25, 0.3) is 0 Å². The number of hydrogen-bond donors (Lipinski definition) is 2. The van der Waals surface area contributed by atoms with Gasteiger partial charge in [0, 0.05) is 30.5 Å². The van der Waals surface area contributed by atoms with Gasteiger partial charge in [-0.2, -0.15) is 0 Å². The first-order valence-corrected chi connectivity index (χ1v) is 6.94. The summed E-state index contributed by atoms with van der Waals surface area (Å²) in [6.45, 7) is 3.16. The Balaban J connectivity index is 1.99. The van der Waals surface area contributed by atoms with Crippen LogP contribution < -0.4 is 0 Å². The highest BCUT2D eigenvalue weighted by Crippen LogP contribution is 2.25. The highest BCUT2D eigenvalue weighted by atomic mass is 16.5. The molecule has 108 valence electrons. The van der Waals surface area contributed by atoms with Gasteiger partial charge in [0.15, 0.2) is 0 Å². The minimum absolute atomic E-state index is 0.0231. The summed E-state index contributed by atoms with van der Waals surface area (Å²) in [4.78, 5) is 2.08. The van der Waals surface area contributed by atoms with Gasteiger partial charge in [0.1, 0.15) is 11.5 Å². The second-order valence-electron chi connectivity index (χ2n) is 6.04. The summed E-state index contributed by atoms with van der Waals surface area (Å²) in [7, 11) is 1.98. The molecule has 1 heterocycles. The van der Waals surface area contributed by atoms with Gasteiger partial charge in [0.25, 0.3) is 0 Å². The Bertz CT molecular complexity index is 413. The lowest BCUT2D eigenvalue weighted by Gasteiger charge is -2.30. The number of aliphatic hydroxyl groups is 2. The maximum Gasteiger partial charge on any atom is 0.140 e. The molecule has 2 N–H and O–H groups in total. The molecule has 0 unspecified atom stereocenters. The van der Waals surface area contributed by atoms with Crippen molar-refractivity contribution >= 4 is 0 Å². The molecular weight excluding hydrogens is 244 g/mol. The molecule has 19 heavy (non-hydrogen) atoms. The lowest BCUT2D eigenvalue weighted by atomic mass is 9.92. The number of aliphatic hydroxyl groups excluding tert-OH is 2. The lowest BCUT2D eigenvalue weighted by molar-refractivity contribution is 0.0397. The van der Waals surface area contributed by atoms with Gasteiger partial charge in [-0.1, -0.05) is 12.1 Å². The topological polar surface area (TPSA) is 69.7 Å². The zero-order chi connectivity index (χ0) is 13.9. The third-order valence-electron chi connectivity index (χ3n) is 3.87. The number of aromatic nitrogens is 1. The maximum absolute atomic E-state index is 9.33. The van der Waals surface area contributed by atoms with E-state index < -0.39 is 5.41 Å². The molecule has 0 spiro atoms. The molecule has 0 bridgehead atoms. The molecule has 0 saturated heterocycles. The largest absolute Gasteiger partial charge is 0.396 e. The van der Waals surface area contributed by atoms with Crippen LogP contribution in [-0.2, 0) is 19.4 Å². The van der Waals surface area contributed by atoms with Gasteiger partial charge >= 0.3 is 0 Å². The predicted molar refractivity (Wildman–Crippen MR) is 71.8 cm³/mol. The fourth-order valence-electron chi connectivity index (χ4n) is 2.69. The molecule has 0 amide bonds. The van der Waals surface area contributed by atoms with Gasteiger partial charge in [-0.25, -0.2) is 0 Å². The van der Waals surface area contributed by atoms with Crippen molar-refractivity contribution in [1.29, 1.82) is 0 Å². The summed E-state index contributed by atoms with van der Waals surface area (Å²) in [5.74, 6) is 1.04. The van der Waals surface area contributed by atoms with Gasteiger partial charge in [-0.3, -0.25) is 4.90 Å². The second-order valence-corrected chi connectivity index (χ2v) is 6.04. The highest BCUT2D eigenvalue weighted by molar-refractivity contribution is 5.25. The van der Waals surface area contributed by atoms with Gasteiger partial charge in [0.2, 0.25) is 0 Å². The fourth-order valence-corrected chi connectivity index (χ4v) is 2.69. The van der Waals surface area contributed by atoms with Crippen LogP contribution in [0.3, 0.4) is 0 Å². The smallest absolute Gasteiger partial charge is 0.140 e. The standard InChI is InChI=1S/C14H24N2O3/c1-14(9-17,10-18)8-16(2)7-12-11-5-3-4-6-13(11)19-15-12/h17-18H,3-10H2,1-2H3. The lowest BCUT2D eigenvalue weighted by Crippen LogP contribution is -2.38. The van der Waals surface area contributed by atoms with Crippen molar-refractivity contribution in [2.75, 3.05) is 26.8 Å². The molecule has 0 aromatic carbocycles. The zero-order valence-corrected chi connectivity index (χ0v) is 11.9. The average molecular weight is 268 g/mol. The molecule has 0 saturated carbocycles. The molecule has 5 nitrogen and oxygen atoms in total. The predicted octanol–water partition coefficient (Wildman–Crippen LogP) is 0.976. The Morgan fingerprint density at radius 2 is 1.95 bits per heavy atom. The molecule has 0 fully saturated rings. The van der Waals surface area contributed by atoms with E-state index in [2.05, 4.69) is 10.1 Å². The summed E-state index contributed by atoms with van der Waals surface area (Å²) < 4.78 is 5.40. The fraction of sp³-hybridized carbons (Fsp3) is 0.786. The van der Waals surface area contributed by atoms with Gasteiger partial charge in [-0.05, 0) is 26.3 Å². The Labute approximate surface area is 114 Å². The van der Waals surface area contributed by atoms with E-state index in [1.165, 1.54) is 18.4 Å². The molecule has 1 aromatic heterocycles. The normalized spacial score (nSPS) is 15.8. The van der Waals surface area contributed by atoms with E-state index in [0.29, 0.717) is 13.1 Å². The van der Waals surface area contributed by atoms with Crippen molar-refractivity contribution in [2.24, 2.45) is 5.41 Å². The molecule has 0 atom stereocenters. The molecule has 5 heteroatoms. The van der Waals surface area contributed by atoms with Crippen molar-refractivity contribution < 1.29 is 14.7 Å². The molecule has 1 aliphatic rings.